The molecule has 0 spiro atoms. The Kier molecular flexibility index (Phi) is 5.39. The first-order chi connectivity index (χ1) is 7.49. The van der Waals surface area contributed by atoms with Gasteiger partial charge in [0.2, 0.25) is 0 Å². The van der Waals surface area contributed by atoms with Crippen molar-refractivity contribution in [2.45, 2.75) is 26.3 Å². The topological polar surface area (TPSA) is 38.0 Å². The quantitative estimate of drug-likeness (QED) is 0.846. The molecule has 0 saturated heterocycles. The van der Waals surface area contributed by atoms with Gasteiger partial charge in [-0.25, -0.2) is 0 Å². The molecule has 16 heavy (non-hydrogen) atoms. The number of rotatable bonds is 5. The van der Waals surface area contributed by atoms with E-state index in [0.717, 1.165) is 12.1 Å². The lowest BCUT2D eigenvalue weighted by atomic mass is 10.0. The third-order valence-electron chi connectivity index (χ3n) is 2.26. The summed E-state index contributed by atoms with van der Waals surface area (Å²) < 4.78 is 0. The molecule has 0 aromatic heterocycles. The van der Waals surface area contributed by atoms with Gasteiger partial charge in [-0.3, -0.25) is 0 Å². The summed E-state index contributed by atoms with van der Waals surface area (Å²) in [7, 11) is 0. The summed E-state index contributed by atoms with van der Waals surface area (Å²) in [5.74, 6) is 0.603. The van der Waals surface area contributed by atoms with Crippen molar-refractivity contribution in [1.82, 2.24) is 0 Å². The number of hydrogen-bond acceptors (Lipinski definition) is 2. The van der Waals surface area contributed by atoms with Gasteiger partial charge in [0.25, 0.3) is 0 Å². The van der Waals surface area contributed by atoms with Crippen LogP contribution in [-0.4, -0.2) is 12.6 Å². The van der Waals surface area contributed by atoms with Crippen LogP contribution in [0.2, 0.25) is 10.0 Å². The number of benzene rings is 1. The van der Waals surface area contributed by atoms with Gasteiger partial charge in [0.1, 0.15) is 0 Å². The van der Waals surface area contributed by atoms with Crippen LogP contribution in [0.3, 0.4) is 0 Å². The molecular weight excluding hydrogens is 243 g/mol. The number of nitrogens with one attached hydrogen (secondary N) is 1. The fourth-order valence-corrected chi connectivity index (χ4v) is 1.92. The number of nitrogens with two attached hydrogens (primary N) is 1. The minimum Gasteiger partial charge on any atom is -0.382 e. The van der Waals surface area contributed by atoms with Crippen LogP contribution in [0.15, 0.2) is 18.2 Å². The average Bonchev–Trinajstić information content (AvgIpc) is 2.18. The molecule has 90 valence electrons. The molecule has 0 aliphatic rings. The molecule has 3 N–H and O–H groups in total. The normalized spacial score (nSPS) is 12.9. The summed E-state index contributed by atoms with van der Waals surface area (Å²) >= 11 is 11.9. The molecule has 1 aromatic rings. The second-order valence-corrected chi connectivity index (χ2v) is 5.24. The zero-order valence-corrected chi connectivity index (χ0v) is 11.1. The molecule has 4 heteroatoms. The van der Waals surface area contributed by atoms with E-state index < -0.39 is 0 Å². The summed E-state index contributed by atoms with van der Waals surface area (Å²) in [5, 5.41) is 4.56. The van der Waals surface area contributed by atoms with Crippen LogP contribution in [0.25, 0.3) is 0 Å². The summed E-state index contributed by atoms with van der Waals surface area (Å²) in [6.45, 7) is 5.02. The van der Waals surface area contributed by atoms with Crippen molar-refractivity contribution in [2.75, 3.05) is 11.9 Å². The molecule has 0 aliphatic carbocycles. The smallest absolute Gasteiger partial charge is 0.0638 e. The lowest BCUT2D eigenvalue weighted by Crippen LogP contribution is -2.30. The lowest BCUT2D eigenvalue weighted by molar-refractivity contribution is 0.508. The summed E-state index contributed by atoms with van der Waals surface area (Å²) in [5.41, 5.74) is 6.81. The number of anilines is 1. The standard InChI is InChI=1S/C12H18Cl2N2/c1-8(2)5-10(15)7-16-12-6-9(13)3-4-11(12)14/h3-4,6,8,10,16H,5,7,15H2,1-2H3. The summed E-state index contributed by atoms with van der Waals surface area (Å²) in [6, 6.07) is 5.49. The Morgan fingerprint density at radius 3 is 2.62 bits per heavy atom. The highest BCUT2D eigenvalue weighted by atomic mass is 35.5. The van der Waals surface area contributed by atoms with Gasteiger partial charge in [0, 0.05) is 17.6 Å². The van der Waals surface area contributed by atoms with E-state index in [1.807, 2.05) is 6.07 Å². The fraction of sp³-hybridized carbons (Fsp3) is 0.500. The molecule has 0 radical (unpaired) electrons. The van der Waals surface area contributed by atoms with Gasteiger partial charge >= 0.3 is 0 Å². The molecule has 1 aromatic carbocycles. The van der Waals surface area contributed by atoms with Gasteiger partial charge in [-0.15, -0.1) is 0 Å². The van der Waals surface area contributed by atoms with E-state index in [1.54, 1.807) is 12.1 Å². The molecule has 0 saturated carbocycles. The van der Waals surface area contributed by atoms with Crippen LogP contribution in [0.1, 0.15) is 20.3 Å². The molecule has 1 atom stereocenters. The van der Waals surface area contributed by atoms with Gasteiger partial charge in [0.15, 0.2) is 0 Å². The van der Waals surface area contributed by atoms with E-state index in [-0.39, 0.29) is 6.04 Å². The predicted molar refractivity (Wildman–Crippen MR) is 72.4 cm³/mol. The molecule has 1 unspecified atom stereocenters. The van der Waals surface area contributed by atoms with E-state index in [2.05, 4.69) is 19.2 Å². The second kappa shape index (κ2) is 6.33. The minimum absolute atomic E-state index is 0.134. The fourth-order valence-electron chi connectivity index (χ4n) is 1.56. The molecule has 1 rings (SSSR count). The molecule has 0 amide bonds. The number of halogens is 2. The Balaban J connectivity index is 2.51. The molecule has 0 fully saturated rings. The Morgan fingerprint density at radius 1 is 1.31 bits per heavy atom. The first kappa shape index (κ1) is 13.6. The summed E-state index contributed by atoms with van der Waals surface area (Å²) in [6.07, 6.45) is 0.991. The largest absolute Gasteiger partial charge is 0.382 e. The van der Waals surface area contributed by atoms with Crippen LogP contribution in [0.5, 0.6) is 0 Å². The van der Waals surface area contributed by atoms with Crippen molar-refractivity contribution >= 4 is 28.9 Å². The first-order valence-corrected chi connectivity index (χ1v) is 6.19. The van der Waals surface area contributed by atoms with E-state index in [1.165, 1.54) is 0 Å². The van der Waals surface area contributed by atoms with Crippen LogP contribution in [-0.2, 0) is 0 Å². The van der Waals surface area contributed by atoms with Gasteiger partial charge in [-0.05, 0) is 30.5 Å². The Bertz CT molecular complexity index is 340. The van der Waals surface area contributed by atoms with Gasteiger partial charge in [-0.2, -0.15) is 0 Å². The lowest BCUT2D eigenvalue weighted by Gasteiger charge is -2.16. The van der Waals surface area contributed by atoms with Crippen molar-refractivity contribution in [2.24, 2.45) is 11.7 Å². The molecule has 0 aliphatic heterocycles. The van der Waals surface area contributed by atoms with E-state index >= 15 is 0 Å². The SMILES string of the molecule is CC(C)CC(N)CNc1cc(Cl)ccc1Cl. The maximum Gasteiger partial charge on any atom is 0.0638 e. The van der Waals surface area contributed by atoms with Crippen molar-refractivity contribution in [1.29, 1.82) is 0 Å². The highest BCUT2D eigenvalue weighted by Crippen LogP contribution is 2.25. The van der Waals surface area contributed by atoms with Crippen LogP contribution in [0, 0.1) is 5.92 Å². The Labute approximate surface area is 107 Å². The van der Waals surface area contributed by atoms with E-state index in [4.69, 9.17) is 28.9 Å². The Hall–Kier alpha value is -0.440. The molecular formula is C12H18Cl2N2. The first-order valence-electron chi connectivity index (χ1n) is 5.43. The van der Waals surface area contributed by atoms with Crippen molar-refractivity contribution < 1.29 is 0 Å². The van der Waals surface area contributed by atoms with E-state index in [0.29, 0.717) is 22.5 Å². The third-order valence-corrected chi connectivity index (χ3v) is 2.82. The second-order valence-electron chi connectivity index (χ2n) is 4.39. The van der Waals surface area contributed by atoms with Gasteiger partial charge in [-0.1, -0.05) is 37.0 Å². The minimum atomic E-state index is 0.134. The Morgan fingerprint density at radius 2 is 2.00 bits per heavy atom. The zero-order chi connectivity index (χ0) is 12.1. The molecule has 0 bridgehead atoms. The van der Waals surface area contributed by atoms with Crippen LogP contribution in [0.4, 0.5) is 5.69 Å². The predicted octanol–water partition coefficient (Wildman–Crippen LogP) is 3.78. The van der Waals surface area contributed by atoms with Crippen molar-refractivity contribution in [3.8, 4) is 0 Å². The molecule has 2 nitrogen and oxygen atoms in total. The maximum atomic E-state index is 6.02. The average molecular weight is 261 g/mol. The van der Waals surface area contributed by atoms with Gasteiger partial charge < -0.3 is 11.1 Å². The van der Waals surface area contributed by atoms with Crippen molar-refractivity contribution in [3.05, 3.63) is 28.2 Å². The van der Waals surface area contributed by atoms with Crippen LogP contribution < -0.4 is 11.1 Å². The molecule has 0 heterocycles. The third kappa shape index (κ3) is 4.60. The highest BCUT2D eigenvalue weighted by molar-refractivity contribution is 6.35. The maximum absolute atomic E-state index is 6.02. The van der Waals surface area contributed by atoms with Crippen molar-refractivity contribution in [3.63, 3.8) is 0 Å². The zero-order valence-electron chi connectivity index (χ0n) is 9.63. The number of hydrogen-bond donors (Lipinski definition) is 2. The highest BCUT2D eigenvalue weighted by Gasteiger charge is 2.06. The van der Waals surface area contributed by atoms with Crippen LogP contribution >= 0.6 is 23.2 Å². The summed E-state index contributed by atoms with van der Waals surface area (Å²) in [4.78, 5) is 0. The van der Waals surface area contributed by atoms with Gasteiger partial charge in [0.05, 0.1) is 10.7 Å². The monoisotopic (exact) mass is 260 g/mol. The van der Waals surface area contributed by atoms with E-state index in [9.17, 15) is 0 Å².